The predicted molar refractivity (Wildman–Crippen MR) is 118 cm³/mol. The molecule has 0 amide bonds. The first-order chi connectivity index (χ1) is 14.0. The number of aromatic nitrogens is 1. The van der Waals surface area contributed by atoms with E-state index in [9.17, 15) is 4.79 Å². The van der Waals surface area contributed by atoms with Crippen molar-refractivity contribution >= 4 is 11.7 Å². The molecule has 0 spiro atoms. The van der Waals surface area contributed by atoms with Gasteiger partial charge in [0.2, 0.25) is 0 Å². The van der Waals surface area contributed by atoms with Crippen LogP contribution in [0.25, 0.3) is 0 Å². The van der Waals surface area contributed by atoms with Crippen LogP contribution in [0.15, 0.2) is 73.1 Å². The smallest absolute Gasteiger partial charge is 0.330 e. The Morgan fingerprint density at radius 3 is 2.34 bits per heavy atom. The van der Waals surface area contributed by atoms with Gasteiger partial charge in [0, 0.05) is 18.1 Å². The summed E-state index contributed by atoms with van der Waals surface area (Å²) >= 11 is 0. The van der Waals surface area contributed by atoms with Gasteiger partial charge in [0.1, 0.15) is 6.04 Å². The SMILES string of the molecule is CCc1ccc(NC(C(=O)OCn2ccc(Cc3ccccc3)c2)C(C)C)cc1. The Morgan fingerprint density at radius 2 is 1.69 bits per heavy atom. The van der Waals surface area contributed by atoms with E-state index in [2.05, 4.69) is 42.6 Å². The second kappa shape index (κ2) is 9.97. The van der Waals surface area contributed by atoms with Gasteiger partial charge in [-0.3, -0.25) is 0 Å². The number of nitrogens with one attached hydrogen (secondary N) is 1. The first-order valence-corrected chi connectivity index (χ1v) is 10.3. The Labute approximate surface area is 173 Å². The maximum Gasteiger partial charge on any atom is 0.330 e. The molecule has 1 aromatic heterocycles. The Morgan fingerprint density at radius 1 is 0.966 bits per heavy atom. The molecule has 1 N–H and O–H groups in total. The van der Waals surface area contributed by atoms with Crippen LogP contribution in [0.4, 0.5) is 5.69 Å². The summed E-state index contributed by atoms with van der Waals surface area (Å²) in [6, 6.07) is 20.2. The molecule has 0 radical (unpaired) electrons. The summed E-state index contributed by atoms with van der Waals surface area (Å²) in [5.41, 5.74) is 4.67. The van der Waals surface area contributed by atoms with Crippen LogP contribution in [0, 0.1) is 5.92 Å². The molecule has 3 rings (SSSR count). The number of hydrogen-bond acceptors (Lipinski definition) is 3. The summed E-state index contributed by atoms with van der Waals surface area (Å²) in [5.74, 6) is -0.121. The Balaban J connectivity index is 1.56. The van der Waals surface area contributed by atoms with Crippen molar-refractivity contribution in [3.63, 3.8) is 0 Å². The van der Waals surface area contributed by atoms with Crippen LogP contribution in [0.5, 0.6) is 0 Å². The van der Waals surface area contributed by atoms with Gasteiger partial charge in [-0.25, -0.2) is 4.79 Å². The van der Waals surface area contributed by atoms with Gasteiger partial charge >= 0.3 is 5.97 Å². The fraction of sp³-hybridized carbons (Fsp3) is 0.320. The molecule has 0 aliphatic rings. The molecule has 4 heteroatoms. The minimum atomic E-state index is -0.387. The average Bonchev–Trinajstić information content (AvgIpc) is 3.18. The van der Waals surface area contributed by atoms with Crippen LogP contribution >= 0.6 is 0 Å². The largest absolute Gasteiger partial charge is 0.442 e. The quantitative estimate of drug-likeness (QED) is 0.506. The molecule has 2 aromatic carbocycles. The maximum atomic E-state index is 12.7. The first kappa shape index (κ1) is 20.7. The zero-order chi connectivity index (χ0) is 20.6. The topological polar surface area (TPSA) is 43.3 Å². The maximum absolute atomic E-state index is 12.7. The molecule has 29 heavy (non-hydrogen) atoms. The highest BCUT2D eigenvalue weighted by molar-refractivity contribution is 5.79. The lowest BCUT2D eigenvalue weighted by Gasteiger charge is -2.22. The van der Waals surface area contributed by atoms with Gasteiger partial charge in [0.25, 0.3) is 0 Å². The van der Waals surface area contributed by atoms with Crippen molar-refractivity contribution in [2.24, 2.45) is 5.92 Å². The molecule has 3 aromatic rings. The molecule has 0 aliphatic carbocycles. The molecule has 0 fully saturated rings. The van der Waals surface area contributed by atoms with Crippen LogP contribution in [0.1, 0.15) is 37.5 Å². The summed E-state index contributed by atoms with van der Waals surface area (Å²) in [6.07, 6.45) is 5.85. The number of rotatable bonds is 9. The normalized spacial score (nSPS) is 12.0. The fourth-order valence-electron chi connectivity index (χ4n) is 3.25. The van der Waals surface area contributed by atoms with E-state index in [1.54, 1.807) is 0 Å². The fourth-order valence-corrected chi connectivity index (χ4v) is 3.25. The lowest BCUT2D eigenvalue weighted by molar-refractivity contribution is -0.149. The average molecular weight is 391 g/mol. The zero-order valence-corrected chi connectivity index (χ0v) is 17.5. The van der Waals surface area contributed by atoms with Crippen molar-refractivity contribution in [3.8, 4) is 0 Å². The molecular formula is C25H30N2O2. The van der Waals surface area contributed by atoms with Crippen molar-refractivity contribution in [2.75, 3.05) is 5.32 Å². The summed E-state index contributed by atoms with van der Waals surface area (Å²) in [5, 5.41) is 3.32. The van der Waals surface area contributed by atoms with E-state index in [0.29, 0.717) is 0 Å². The first-order valence-electron chi connectivity index (χ1n) is 10.3. The van der Waals surface area contributed by atoms with Crippen molar-refractivity contribution in [1.29, 1.82) is 0 Å². The van der Waals surface area contributed by atoms with E-state index >= 15 is 0 Å². The molecule has 0 saturated carbocycles. The molecule has 152 valence electrons. The van der Waals surface area contributed by atoms with E-state index in [1.165, 1.54) is 16.7 Å². The Hall–Kier alpha value is -3.01. The highest BCUT2D eigenvalue weighted by atomic mass is 16.5. The molecule has 0 bridgehead atoms. The Bertz CT molecular complexity index is 898. The van der Waals surface area contributed by atoms with Gasteiger partial charge in [0.15, 0.2) is 6.73 Å². The van der Waals surface area contributed by atoms with Gasteiger partial charge in [0.05, 0.1) is 0 Å². The van der Waals surface area contributed by atoms with Crippen LogP contribution in [0.2, 0.25) is 0 Å². The third kappa shape index (κ3) is 5.98. The molecule has 0 aliphatic heterocycles. The monoisotopic (exact) mass is 390 g/mol. The summed E-state index contributed by atoms with van der Waals surface area (Å²) < 4.78 is 7.50. The van der Waals surface area contributed by atoms with Gasteiger partial charge in [-0.15, -0.1) is 0 Å². The van der Waals surface area contributed by atoms with E-state index in [4.69, 9.17) is 4.74 Å². The van der Waals surface area contributed by atoms with Crippen LogP contribution in [-0.4, -0.2) is 16.6 Å². The standard InChI is InChI=1S/C25H30N2O2/c1-4-20-10-12-23(13-11-20)26-24(19(2)3)25(28)29-18-27-15-14-22(17-27)16-21-8-6-5-7-9-21/h5-15,17,19,24,26H,4,16,18H2,1-3H3. The highest BCUT2D eigenvalue weighted by Gasteiger charge is 2.23. The van der Waals surface area contributed by atoms with E-state index < -0.39 is 0 Å². The zero-order valence-electron chi connectivity index (χ0n) is 17.5. The molecule has 4 nitrogen and oxygen atoms in total. The molecule has 0 saturated heterocycles. The second-order valence-electron chi connectivity index (χ2n) is 7.71. The van der Waals surface area contributed by atoms with Crippen LogP contribution in [-0.2, 0) is 29.1 Å². The number of nitrogens with zero attached hydrogens (tertiary/aromatic N) is 1. The van der Waals surface area contributed by atoms with Gasteiger partial charge < -0.3 is 14.6 Å². The highest BCUT2D eigenvalue weighted by Crippen LogP contribution is 2.16. The lowest BCUT2D eigenvalue weighted by atomic mass is 10.0. The number of ether oxygens (including phenoxy) is 1. The van der Waals surface area contributed by atoms with E-state index in [1.807, 2.05) is 61.1 Å². The van der Waals surface area contributed by atoms with Gasteiger partial charge in [-0.05, 0) is 53.6 Å². The van der Waals surface area contributed by atoms with E-state index in [-0.39, 0.29) is 24.7 Å². The lowest BCUT2D eigenvalue weighted by Crippen LogP contribution is -2.36. The van der Waals surface area contributed by atoms with Crippen molar-refractivity contribution < 1.29 is 9.53 Å². The van der Waals surface area contributed by atoms with E-state index in [0.717, 1.165) is 18.5 Å². The van der Waals surface area contributed by atoms with Crippen LogP contribution in [0.3, 0.4) is 0 Å². The molecule has 1 atom stereocenters. The number of aryl methyl sites for hydroxylation is 1. The number of carbonyl (C=O) groups excluding carboxylic acids is 1. The van der Waals surface area contributed by atoms with Gasteiger partial charge in [-0.2, -0.15) is 0 Å². The number of anilines is 1. The summed E-state index contributed by atoms with van der Waals surface area (Å²) in [6.45, 7) is 6.39. The number of carbonyl (C=O) groups is 1. The molecule has 1 heterocycles. The number of esters is 1. The predicted octanol–water partition coefficient (Wildman–Crippen LogP) is 5.28. The van der Waals surface area contributed by atoms with Crippen molar-refractivity contribution in [2.45, 2.75) is 46.4 Å². The number of benzene rings is 2. The van der Waals surface area contributed by atoms with Crippen molar-refractivity contribution in [3.05, 3.63) is 89.7 Å². The second-order valence-corrected chi connectivity index (χ2v) is 7.71. The minimum absolute atomic E-state index is 0.117. The van der Waals surface area contributed by atoms with Gasteiger partial charge in [-0.1, -0.05) is 63.2 Å². The molecular weight excluding hydrogens is 360 g/mol. The minimum Gasteiger partial charge on any atom is -0.442 e. The summed E-state index contributed by atoms with van der Waals surface area (Å²) in [7, 11) is 0. The van der Waals surface area contributed by atoms with Crippen LogP contribution < -0.4 is 5.32 Å². The summed E-state index contributed by atoms with van der Waals surface area (Å²) in [4.78, 5) is 12.7. The third-order valence-electron chi connectivity index (χ3n) is 5.02. The molecule has 1 unspecified atom stereocenters. The Kier molecular flexibility index (Phi) is 7.12. The van der Waals surface area contributed by atoms with Crippen molar-refractivity contribution in [1.82, 2.24) is 4.57 Å². The number of hydrogen-bond donors (Lipinski definition) is 1. The third-order valence-corrected chi connectivity index (χ3v) is 5.02.